The summed E-state index contributed by atoms with van der Waals surface area (Å²) in [5.74, 6) is 0.962. The Morgan fingerprint density at radius 2 is 2.10 bits per heavy atom. The van der Waals surface area contributed by atoms with Gasteiger partial charge in [-0.25, -0.2) is 9.97 Å². The van der Waals surface area contributed by atoms with E-state index >= 15 is 0 Å². The molecule has 7 heteroatoms. The van der Waals surface area contributed by atoms with Crippen LogP contribution in [-0.4, -0.2) is 35.0 Å². The van der Waals surface area contributed by atoms with Crippen LogP contribution in [0, 0.1) is 6.92 Å². The van der Waals surface area contributed by atoms with Crippen molar-refractivity contribution in [2.24, 2.45) is 0 Å². The van der Waals surface area contributed by atoms with E-state index in [0.717, 1.165) is 0 Å². The highest BCUT2D eigenvalue weighted by molar-refractivity contribution is 6.03. The fraction of sp³-hybridized carbons (Fsp3) is 0.231. The van der Waals surface area contributed by atoms with Gasteiger partial charge in [0, 0.05) is 25.0 Å². The molecule has 0 atom stereocenters. The van der Waals surface area contributed by atoms with Crippen molar-refractivity contribution in [3.05, 3.63) is 35.7 Å². The Hall–Kier alpha value is -2.70. The van der Waals surface area contributed by atoms with Crippen LogP contribution < -0.4 is 15.4 Å². The smallest absolute Gasteiger partial charge is 0.259 e. The first-order valence-corrected chi connectivity index (χ1v) is 5.97. The number of rotatable bonds is 4. The van der Waals surface area contributed by atoms with Crippen LogP contribution in [0.1, 0.15) is 16.1 Å². The Bertz CT molecular complexity index is 613. The molecule has 0 fully saturated rings. The molecule has 0 spiro atoms. The van der Waals surface area contributed by atoms with Crippen molar-refractivity contribution < 1.29 is 9.53 Å². The summed E-state index contributed by atoms with van der Waals surface area (Å²) in [5.41, 5.74) is 1.13. The van der Waals surface area contributed by atoms with Gasteiger partial charge in [-0.2, -0.15) is 4.98 Å². The first-order chi connectivity index (χ1) is 9.62. The Kier molecular flexibility index (Phi) is 4.09. The Morgan fingerprint density at radius 1 is 1.30 bits per heavy atom. The lowest BCUT2D eigenvalue weighted by atomic mass is 10.2. The zero-order valence-electron chi connectivity index (χ0n) is 11.5. The van der Waals surface area contributed by atoms with E-state index in [9.17, 15) is 4.79 Å². The number of methoxy groups -OCH3 is 1. The van der Waals surface area contributed by atoms with Gasteiger partial charge in [0.25, 0.3) is 5.91 Å². The third kappa shape index (κ3) is 3.19. The van der Waals surface area contributed by atoms with Crippen LogP contribution in [0.25, 0.3) is 0 Å². The summed E-state index contributed by atoms with van der Waals surface area (Å²) in [6.07, 6.45) is 1.48. The predicted molar refractivity (Wildman–Crippen MR) is 75.1 cm³/mol. The minimum atomic E-state index is -0.326. The molecule has 7 nitrogen and oxygen atoms in total. The quantitative estimate of drug-likeness (QED) is 0.877. The zero-order chi connectivity index (χ0) is 14.5. The molecule has 104 valence electrons. The number of aryl methyl sites for hydroxylation is 1. The summed E-state index contributed by atoms with van der Waals surface area (Å²) >= 11 is 0. The maximum atomic E-state index is 12.0. The molecule has 2 N–H and O–H groups in total. The van der Waals surface area contributed by atoms with Crippen molar-refractivity contribution in [1.29, 1.82) is 0 Å². The van der Waals surface area contributed by atoms with Gasteiger partial charge in [-0.05, 0) is 19.1 Å². The molecule has 0 aromatic carbocycles. The number of nitrogens with one attached hydrogen (secondary N) is 2. The van der Waals surface area contributed by atoms with Crippen LogP contribution in [0.15, 0.2) is 24.4 Å². The fourth-order valence-electron chi connectivity index (χ4n) is 1.55. The van der Waals surface area contributed by atoms with E-state index in [2.05, 4.69) is 25.6 Å². The molecule has 0 aliphatic carbocycles. The van der Waals surface area contributed by atoms with Crippen molar-refractivity contribution in [3.63, 3.8) is 0 Å². The molecule has 2 aromatic rings. The molecule has 2 rings (SSSR count). The number of anilines is 2. The number of hydrogen-bond acceptors (Lipinski definition) is 6. The highest BCUT2D eigenvalue weighted by atomic mass is 16.5. The van der Waals surface area contributed by atoms with Crippen molar-refractivity contribution >= 4 is 17.7 Å². The number of carbonyl (C=O) groups excluding carboxylic acids is 1. The third-order valence-corrected chi connectivity index (χ3v) is 2.55. The standard InChI is InChI=1S/C13H15N5O2/c1-8-6-11(20-3)17-13(16-8)18-12(19)9-4-5-10(14-2)15-7-9/h4-7H,1-3H3,(H,14,15)(H,16,17,18,19). The van der Waals surface area contributed by atoms with Crippen molar-refractivity contribution in [2.45, 2.75) is 6.92 Å². The molecule has 20 heavy (non-hydrogen) atoms. The second-order valence-electron chi connectivity index (χ2n) is 4.01. The van der Waals surface area contributed by atoms with E-state index in [1.165, 1.54) is 13.3 Å². The monoisotopic (exact) mass is 273 g/mol. The average Bonchev–Trinajstić information content (AvgIpc) is 2.46. The Balaban J connectivity index is 2.16. The van der Waals surface area contributed by atoms with E-state index in [-0.39, 0.29) is 11.9 Å². The van der Waals surface area contributed by atoms with Crippen LogP contribution in [0.5, 0.6) is 5.88 Å². The van der Waals surface area contributed by atoms with Crippen molar-refractivity contribution in [3.8, 4) is 5.88 Å². The molecular formula is C13H15N5O2. The molecule has 0 unspecified atom stereocenters. The molecule has 0 saturated carbocycles. The molecule has 2 heterocycles. The van der Waals surface area contributed by atoms with Crippen LogP contribution in [0.3, 0.4) is 0 Å². The number of amides is 1. The highest BCUT2D eigenvalue weighted by Gasteiger charge is 2.10. The molecule has 0 aliphatic heterocycles. The van der Waals surface area contributed by atoms with Crippen LogP contribution in [-0.2, 0) is 0 Å². The molecule has 2 aromatic heterocycles. The average molecular weight is 273 g/mol. The fourth-order valence-corrected chi connectivity index (χ4v) is 1.55. The van der Waals surface area contributed by atoms with Crippen molar-refractivity contribution in [2.75, 3.05) is 24.8 Å². The molecule has 1 amide bonds. The summed E-state index contributed by atoms with van der Waals surface area (Å²) in [6.45, 7) is 1.79. The van der Waals surface area contributed by atoms with Gasteiger partial charge >= 0.3 is 0 Å². The minimum absolute atomic E-state index is 0.199. The third-order valence-electron chi connectivity index (χ3n) is 2.55. The minimum Gasteiger partial charge on any atom is -0.481 e. The van der Waals surface area contributed by atoms with Gasteiger partial charge in [0.15, 0.2) is 0 Å². The van der Waals surface area contributed by atoms with Gasteiger partial charge in [0.1, 0.15) is 5.82 Å². The lowest BCUT2D eigenvalue weighted by molar-refractivity contribution is 0.102. The van der Waals surface area contributed by atoms with E-state index in [0.29, 0.717) is 23.0 Å². The predicted octanol–water partition coefficient (Wildman–Crippen LogP) is 1.48. The van der Waals surface area contributed by atoms with Crippen molar-refractivity contribution in [1.82, 2.24) is 15.0 Å². The Labute approximate surface area is 116 Å². The molecule has 0 bridgehead atoms. The van der Waals surface area contributed by atoms with E-state index in [1.54, 1.807) is 32.2 Å². The van der Waals surface area contributed by atoms with E-state index in [4.69, 9.17) is 4.74 Å². The SMILES string of the molecule is CNc1ccc(C(=O)Nc2nc(C)cc(OC)n2)cn1. The topological polar surface area (TPSA) is 89.0 Å². The van der Waals surface area contributed by atoms with Crippen LogP contribution in [0.2, 0.25) is 0 Å². The van der Waals surface area contributed by atoms with Crippen LogP contribution in [0.4, 0.5) is 11.8 Å². The van der Waals surface area contributed by atoms with Gasteiger partial charge in [-0.3, -0.25) is 10.1 Å². The second-order valence-corrected chi connectivity index (χ2v) is 4.01. The number of hydrogen-bond donors (Lipinski definition) is 2. The van der Waals surface area contributed by atoms with Gasteiger partial charge in [-0.1, -0.05) is 0 Å². The number of aromatic nitrogens is 3. The number of ether oxygens (including phenoxy) is 1. The lowest BCUT2D eigenvalue weighted by Gasteiger charge is -2.06. The second kappa shape index (κ2) is 5.96. The van der Waals surface area contributed by atoms with E-state index in [1.807, 2.05) is 0 Å². The highest BCUT2D eigenvalue weighted by Crippen LogP contribution is 2.12. The van der Waals surface area contributed by atoms with Crippen LogP contribution >= 0.6 is 0 Å². The first kappa shape index (κ1) is 13.7. The normalized spacial score (nSPS) is 9.95. The summed E-state index contributed by atoms with van der Waals surface area (Å²) in [7, 11) is 3.27. The maximum Gasteiger partial charge on any atom is 0.259 e. The number of pyridine rings is 1. The zero-order valence-corrected chi connectivity index (χ0v) is 11.5. The van der Waals surface area contributed by atoms with Gasteiger partial charge < -0.3 is 10.1 Å². The van der Waals surface area contributed by atoms with E-state index < -0.39 is 0 Å². The van der Waals surface area contributed by atoms with Gasteiger partial charge in [0.05, 0.1) is 12.7 Å². The number of nitrogens with zero attached hydrogens (tertiary/aromatic N) is 3. The van der Waals surface area contributed by atoms with Gasteiger partial charge in [-0.15, -0.1) is 0 Å². The largest absolute Gasteiger partial charge is 0.481 e. The molecule has 0 radical (unpaired) electrons. The van der Waals surface area contributed by atoms with Gasteiger partial charge in [0.2, 0.25) is 11.8 Å². The molecular weight excluding hydrogens is 258 g/mol. The summed E-state index contributed by atoms with van der Waals surface area (Å²) in [6, 6.07) is 5.06. The maximum absolute atomic E-state index is 12.0. The summed E-state index contributed by atoms with van der Waals surface area (Å²) in [5, 5.41) is 5.49. The lowest BCUT2D eigenvalue weighted by Crippen LogP contribution is -2.15. The number of carbonyl (C=O) groups is 1. The first-order valence-electron chi connectivity index (χ1n) is 5.97. The molecule has 0 aliphatic rings. The summed E-state index contributed by atoms with van der Waals surface area (Å²) < 4.78 is 5.03. The molecule has 0 saturated heterocycles. The summed E-state index contributed by atoms with van der Waals surface area (Å²) in [4.78, 5) is 24.3. The Morgan fingerprint density at radius 3 is 2.70 bits per heavy atom.